The van der Waals surface area contributed by atoms with Crippen LogP contribution < -0.4 is 0 Å². The molecule has 1 atom stereocenters. The zero-order chi connectivity index (χ0) is 14.9. The molecule has 5 nitrogen and oxygen atoms in total. The van der Waals surface area contributed by atoms with E-state index in [9.17, 15) is 4.79 Å². The van der Waals surface area contributed by atoms with E-state index >= 15 is 0 Å². The van der Waals surface area contributed by atoms with E-state index in [1.54, 1.807) is 4.90 Å². The van der Waals surface area contributed by atoms with E-state index < -0.39 is 5.60 Å². The third-order valence-corrected chi connectivity index (χ3v) is 3.44. The van der Waals surface area contributed by atoms with Gasteiger partial charge in [-0.1, -0.05) is 0 Å². The molecule has 0 aromatic carbocycles. The zero-order valence-corrected chi connectivity index (χ0v) is 13.1. The SMILES string of the molecule is Cc1cc(C)n([C@@H]2CCCN(C(=O)OC(C)(C)C)C2)n1. The van der Waals surface area contributed by atoms with Gasteiger partial charge in [-0.2, -0.15) is 5.10 Å². The van der Waals surface area contributed by atoms with Crippen LogP contribution in [0.1, 0.15) is 51.0 Å². The molecule has 1 aromatic heterocycles. The van der Waals surface area contributed by atoms with Gasteiger partial charge in [-0.15, -0.1) is 0 Å². The molecule has 2 heterocycles. The molecule has 5 heteroatoms. The number of amides is 1. The first-order chi connectivity index (χ1) is 9.26. The average Bonchev–Trinajstić information content (AvgIpc) is 2.66. The molecule has 112 valence electrons. The maximum atomic E-state index is 12.2. The predicted molar refractivity (Wildman–Crippen MR) is 77.8 cm³/mol. The van der Waals surface area contributed by atoms with Crippen LogP contribution in [-0.2, 0) is 4.74 Å². The smallest absolute Gasteiger partial charge is 0.410 e. The van der Waals surface area contributed by atoms with E-state index in [4.69, 9.17) is 4.74 Å². The van der Waals surface area contributed by atoms with Crippen LogP contribution in [-0.4, -0.2) is 39.5 Å². The second-order valence-electron chi connectivity index (χ2n) is 6.59. The van der Waals surface area contributed by atoms with Crippen molar-refractivity contribution >= 4 is 6.09 Å². The summed E-state index contributed by atoms with van der Waals surface area (Å²) in [5.74, 6) is 0. The van der Waals surface area contributed by atoms with Gasteiger partial charge in [0.2, 0.25) is 0 Å². The van der Waals surface area contributed by atoms with E-state index in [1.165, 1.54) is 0 Å². The molecular weight excluding hydrogens is 254 g/mol. The summed E-state index contributed by atoms with van der Waals surface area (Å²) in [6, 6.07) is 2.33. The van der Waals surface area contributed by atoms with Crippen molar-refractivity contribution in [2.24, 2.45) is 0 Å². The standard InChI is InChI=1S/C15H25N3O2/c1-11-9-12(2)18(16-11)13-7-6-8-17(10-13)14(19)20-15(3,4)5/h9,13H,6-8,10H2,1-5H3/t13-/m1/s1. The zero-order valence-electron chi connectivity index (χ0n) is 13.1. The molecule has 1 aliphatic heterocycles. The number of aromatic nitrogens is 2. The second kappa shape index (κ2) is 5.46. The van der Waals surface area contributed by atoms with Gasteiger partial charge in [-0.25, -0.2) is 4.79 Å². The van der Waals surface area contributed by atoms with Crippen molar-refractivity contribution in [3.8, 4) is 0 Å². The third kappa shape index (κ3) is 3.52. The molecule has 0 N–H and O–H groups in total. The fourth-order valence-electron chi connectivity index (χ4n) is 2.66. The van der Waals surface area contributed by atoms with E-state index in [0.717, 1.165) is 30.8 Å². The van der Waals surface area contributed by atoms with Gasteiger partial charge in [0.25, 0.3) is 0 Å². The first-order valence-corrected chi connectivity index (χ1v) is 7.27. The maximum Gasteiger partial charge on any atom is 0.410 e. The highest BCUT2D eigenvalue weighted by molar-refractivity contribution is 5.68. The van der Waals surface area contributed by atoms with Crippen LogP contribution in [0.3, 0.4) is 0 Å². The van der Waals surface area contributed by atoms with Crippen molar-refractivity contribution in [1.82, 2.24) is 14.7 Å². The highest BCUT2D eigenvalue weighted by Gasteiger charge is 2.29. The van der Waals surface area contributed by atoms with Crippen molar-refractivity contribution in [1.29, 1.82) is 0 Å². The number of ether oxygens (including phenoxy) is 1. The third-order valence-electron chi connectivity index (χ3n) is 3.44. The quantitative estimate of drug-likeness (QED) is 0.793. The predicted octanol–water partition coefficient (Wildman–Crippen LogP) is 3.07. The Morgan fingerprint density at radius 3 is 2.65 bits per heavy atom. The molecule has 1 saturated heterocycles. The summed E-state index contributed by atoms with van der Waals surface area (Å²) in [7, 11) is 0. The minimum Gasteiger partial charge on any atom is -0.444 e. The normalized spacial score (nSPS) is 20.1. The molecule has 0 saturated carbocycles. The minimum atomic E-state index is -0.442. The van der Waals surface area contributed by atoms with Crippen LogP contribution in [0.25, 0.3) is 0 Å². The van der Waals surface area contributed by atoms with Gasteiger partial charge in [0.15, 0.2) is 0 Å². The number of hydrogen-bond donors (Lipinski definition) is 0. The Labute approximate surface area is 120 Å². The number of nitrogens with zero attached hydrogens (tertiary/aromatic N) is 3. The van der Waals surface area contributed by atoms with Crippen LogP contribution >= 0.6 is 0 Å². The number of carbonyl (C=O) groups excluding carboxylic acids is 1. The Balaban J connectivity index is 2.05. The van der Waals surface area contributed by atoms with Crippen molar-refractivity contribution < 1.29 is 9.53 Å². The molecule has 1 aliphatic rings. The lowest BCUT2D eigenvalue weighted by Gasteiger charge is -2.34. The number of carbonyl (C=O) groups is 1. The molecule has 0 aliphatic carbocycles. The highest BCUT2D eigenvalue weighted by atomic mass is 16.6. The van der Waals surface area contributed by atoms with E-state index in [-0.39, 0.29) is 12.1 Å². The number of hydrogen-bond acceptors (Lipinski definition) is 3. The molecule has 0 spiro atoms. The summed E-state index contributed by atoms with van der Waals surface area (Å²) in [6.07, 6.45) is 1.83. The number of rotatable bonds is 1. The molecule has 20 heavy (non-hydrogen) atoms. The van der Waals surface area contributed by atoms with E-state index in [1.807, 2.05) is 32.4 Å². The van der Waals surface area contributed by atoms with Gasteiger partial charge in [0, 0.05) is 18.8 Å². The van der Waals surface area contributed by atoms with Gasteiger partial charge >= 0.3 is 6.09 Å². The maximum absolute atomic E-state index is 12.2. The fraction of sp³-hybridized carbons (Fsp3) is 0.733. The van der Waals surface area contributed by atoms with Gasteiger partial charge < -0.3 is 9.64 Å². The summed E-state index contributed by atoms with van der Waals surface area (Å²) in [5.41, 5.74) is 1.73. The molecule has 0 bridgehead atoms. The lowest BCUT2D eigenvalue weighted by atomic mass is 10.1. The lowest BCUT2D eigenvalue weighted by molar-refractivity contribution is 0.0166. The van der Waals surface area contributed by atoms with Crippen LogP contribution in [0.2, 0.25) is 0 Å². The Morgan fingerprint density at radius 1 is 1.40 bits per heavy atom. The number of piperidine rings is 1. The van der Waals surface area contributed by atoms with Crippen molar-refractivity contribution in [2.75, 3.05) is 13.1 Å². The fourth-order valence-corrected chi connectivity index (χ4v) is 2.66. The van der Waals surface area contributed by atoms with Gasteiger partial charge in [-0.3, -0.25) is 4.68 Å². The van der Waals surface area contributed by atoms with Crippen LogP contribution in [0.15, 0.2) is 6.07 Å². The molecule has 1 aromatic rings. The minimum absolute atomic E-state index is 0.219. The molecule has 1 fully saturated rings. The first kappa shape index (κ1) is 14.9. The Hall–Kier alpha value is -1.52. The van der Waals surface area contributed by atoms with Crippen LogP contribution in [0, 0.1) is 13.8 Å². The Bertz CT molecular complexity index is 488. The van der Waals surface area contributed by atoms with Gasteiger partial charge in [0.05, 0.1) is 11.7 Å². The Kier molecular flexibility index (Phi) is 4.06. The molecule has 1 amide bonds. The van der Waals surface area contributed by atoms with E-state index in [0.29, 0.717) is 6.54 Å². The second-order valence-corrected chi connectivity index (χ2v) is 6.59. The number of likely N-dealkylation sites (tertiary alicyclic amines) is 1. The highest BCUT2D eigenvalue weighted by Crippen LogP contribution is 2.24. The number of aryl methyl sites for hydroxylation is 2. The molecule has 2 rings (SSSR count). The summed E-state index contributed by atoms with van der Waals surface area (Å²) >= 11 is 0. The van der Waals surface area contributed by atoms with Crippen molar-refractivity contribution in [3.63, 3.8) is 0 Å². The van der Waals surface area contributed by atoms with Gasteiger partial charge in [0.1, 0.15) is 5.60 Å². The van der Waals surface area contributed by atoms with Crippen molar-refractivity contribution in [3.05, 3.63) is 17.5 Å². The summed E-state index contributed by atoms with van der Waals surface area (Å²) in [5, 5.41) is 4.54. The first-order valence-electron chi connectivity index (χ1n) is 7.27. The lowest BCUT2D eigenvalue weighted by Crippen LogP contribution is -2.43. The molecule has 0 radical (unpaired) electrons. The average molecular weight is 279 g/mol. The Morgan fingerprint density at radius 2 is 2.10 bits per heavy atom. The molecule has 0 unspecified atom stereocenters. The topological polar surface area (TPSA) is 47.4 Å². The summed E-state index contributed by atoms with van der Waals surface area (Å²) in [4.78, 5) is 14.0. The van der Waals surface area contributed by atoms with Crippen LogP contribution in [0.5, 0.6) is 0 Å². The monoisotopic (exact) mass is 279 g/mol. The van der Waals surface area contributed by atoms with Gasteiger partial charge in [-0.05, 0) is 53.5 Å². The van der Waals surface area contributed by atoms with Crippen molar-refractivity contribution in [2.45, 2.75) is 59.1 Å². The molecular formula is C15H25N3O2. The summed E-state index contributed by atoms with van der Waals surface area (Å²) in [6.45, 7) is 11.2. The van der Waals surface area contributed by atoms with E-state index in [2.05, 4.69) is 18.1 Å². The summed E-state index contributed by atoms with van der Waals surface area (Å²) < 4.78 is 7.50. The largest absolute Gasteiger partial charge is 0.444 e. The van der Waals surface area contributed by atoms with Crippen LogP contribution in [0.4, 0.5) is 4.79 Å².